The number of aromatic hydroxyl groups is 1. The molecule has 0 bridgehead atoms. The molecule has 1 heterocycles. The summed E-state index contributed by atoms with van der Waals surface area (Å²) in [6, 6.07) is 31.4. The average Bonchev–Trinajstić information content (AvgIpc) is 3.06. The Morgan fingerprint density at radius 1 is 0.929 bits per heavy atom. The number of phenols is 1. The maximum atomic E-state index is 12.9. The van der Waals surface area contributed by atoms with Crippen molar-refractivity contribution in [3.63, 3.8) is 0 Å². The molecule has 0 aromatic heterocycles. The van der Waals surface area contributed by atoms with Crippen LogP contribution in [0.25, 0.3) is 0 Å². The Bertz CT molecular complexity index is 1700. The fourth-order valence-electron chi connectivity index (χ4n) is 3.87. The van der Waals surface area contributed by atoms with Crippen molar-refractivity contribution in [1.82, 2.24) is 5.32 Å². The zero-order valence-corrected chi connectivity index (χ0v) is 27.9. The van der Waals surface area contributed by atoms with Crippen molar-refractivity contribution >= 4 is 62.0 Å². The van der Waals surface area contributed by atoms with Gasteiger partial charge in [0, 0.05) is 0 Å². The van der Waals surface area contributed by atoms with Crippen molar-refractivity contribution in [2.75, 3.05) is 5.32 Å². The number of anilines is 1. The zero-order chi connectivity index (χ0) is 29.3. The zero-order valence-electron chi connectivity index (χ0n) is 22.0. The molecule has 0 saturated heterocycles. The molecule has 3 N–H and O–H groups in total. The van der Waals surface area contributed by atoms with E-state index in [9.17, 15) is 9.90 Å². The van der Waals surface area contributed by atoms with E-state index in [1.54, 1.807) is 42.6 Å². The van der Waals surface area contributed by atoms with E-state index in [0.717, 1.165) is 23.2 Å². The number of nitrogens with zero attached hydrogens (tertiary/aromatic N) is 2. The van der Waals surface area contributed by atoms with Crippen molar-refractivity contribution in [3.8, 4) is 17.2 Å². The normalized spacial score (nSPS) is 18.4. The third-order valence-electron chi connectivity index (χ3n) is 5.90. The number of amides is 1. The SMILES string of the molecule is O=C(Nc1cccc(CN/C2=C/C(c3ccccc3O)=N\C(I)=C(Br)\C=N/[I-]2)c1)c1ccc(Oc2ccccc2)cc1. The van der Waals surface area contributed by atoms with Crippen LogP contribution in [0.5, 0.6) is 17.2 Å². The number of halogens is 3. The van der Waals surface area contributed by atoms with E-state index in [-0.39, 0.29) is 11.7 Å². The number of ether oxygens (including phenoxy) is 1. The van der Waals surface area contributed by atoms with Crippen LogP contribution >= 0.6 is 38.5 Å². The first kappa shape index (κ1) is 30.0. The van der Waals surface area contributed by atoms with Gasteiger partial charge in [0.2, 0.25) is 0 Å². The topological polar surface area (TPSA) is 95.3 Å². The van der Waals surface area contributed by atoms with Gasteiger partial charge in [-0.05, 0) is 12.1 Å². The summed E-state index contributed by atoms with van der Waals surface area (Å²) in [5.74, 6) is 1.35. The van der Waals surface area contributed by atoms with Crippen LogP contribution in [0.4, 0.5) is 5.69 Å². The molecule has 212 valence electrons. The number of nitrogens with one attached hydrogen (secondary N) is 2. The van der Waals surface area contributed by atoms with E-state index in [0.29, 0.717) is 34.8 Å². The first-order valence-corrected chi connectivity index (χ1v) is 16.6. The third kappa shape index (κ3) is 8.29. The van der Waals surface area contributed by atoms with Crippen LogP contribution < -0.4 is 36.8 Å². The molecule has 0 fully saturated rings. The van der Waals surface area contributed by atoms with Gasteiger partial charge in [0.15, 0.2) is 0 Å². The van der Waals surface area contributed by atoms with Crippen LogP contribution in [0.1, 0.15) is 21.5 Å². The second-order valence-corrected chi connectivity index (χ2v) is 13.0. The average molecular weight is 846 g/mol. The molecule has 0 aliphatic carbocycles. The number of benzene rings is 4. The summed E-state index contributed by atoms with van der Waals surface area (Å²) in [5, 5.41) is 16.9. The molecular weight excluding hydrogens is 822 g/mol. The fourth-order valence-corrected chi connectivity index (χ4v) is 6.35. The van der Waals surface area contributed by atoms with E-state index in [2.05, 4.69) is 52.4 Å². The van der Waals surface area contributed by atoms with Crippen molar-refractivity contribution in [3.05, 3.63) is 138 Å². The molecule has 4 aromatic rings. The van der Waals surface area contributed by atoms with Crippen molar-refractivity contribution < 1.29 is 36.1 Å². The summed E-state index contributed by atoms with van der Waals surface area (Å²) in [5.41, 5.74) is 3.50. The van der Waals surface area contributed by atoms with Gasteiger partial charge in [-0.15, -0.1) is 0 Å². The monoisotopic (exact) mass is 845 g/mol. The Labute approximate surface area is 276 Å². The summed E-state index contributed by atoms with van der Waals surface area (Å²) in [4.78, 5) is 17.7. The van der Waals surface area contributed by atoms with E-state index in [1.165, 1.54) is 0 Å². The number of hydrogen-bond donors (Lipinski definition) is 3. The van der Waals surface area contributed by atoms with E-state index in [1.807, 2.05) is 72.8 Å². The predicted octanol–water partition coefficient (Wildman–Crippen LogP) is 4.94. The van der Waals surface area contributed by atoms with Gasteiger partial charge in [0.05, 0.1) is 0 Å². The third-order valence-corrected chi connectivity index (χ3v) is 9.82. The van der Waals surface area contributed by atoms with Gasteiger partial charge in [-0.25, -0.2) is 0 Å². The minimum absolute atomic E-state index is 0.160. The Balaban J connectivity index is 1.26. The molecule has 10 heteroatoms. The minimum atomic E-state index is -0.751. The summed E-state index contributed by atoms with van der Waals surface area (Å²) >= 11 is 4.93. The van der Waals surface area contributed by atoms with Crippen molar-refractivity contribution in [2.45, 2.75) is 6.54 Å². The second kappa shape index (κ2) is 14.6. The number of phenolic OH excluding ortho intramolecular Hbond substituents is 1. The Morgan fingerprint density at radius 3 is 2.45 bits per heavy atom. The molecule has 1 amide bonds. The molecule has 7 nitrogen and oxygen atoms in total. The molecule has 0 radical (unpaired) electrons. The molecule has 0 unspecified atom stereocenters. The summed E-state index contributed by atoms with van der Waals surface area (Å²) in [6.07, 6.45) is 3.72. The quantitative estimate of drug-likeness (QED) is 0.173. The summed E-state index contributed by atoms with van der Waals surface area (Å²) in [7, 11) is 0. The number of aliphatic imine (C=N–C) groups is 1. The number of rotatable bonds is 8. The van der Waals surface area contributed by atoms with Crippen molar-refractivity contribution in [1.29, 1.82) is 0 Å². The molecule has 42 heavy (non-hydrogen) atoms. The molecule has 1 aliphatic heterocycles. The van der Waals surface area contributed by atoms with E-state index in [4.69, 9.17) is 9.73 Å². The predicted molar refractivity (Wildman–Crippen MR) is 175 cm³/mol. The molecule has 0 saturated carbocycles. The number of hydrogen-bond acceptors (Lipinski definition) is 6. The Kier molecular flexibility index (Phi) is 10.4. The Hall–Kier alpha value is -3.49. The van der Waals surface area contributed by atoms with Crippen LogP contribution in [-0.2, 0) is 6.54 Å². The molecule has 0 spiro atoms. The van der Waals surface area contributed by atoms with Gasteiger partial charge in [-0.2, -0.15) is 0 Å². The number of carbonyl (C=O) groups excluding carboxylic acids is 1. The molecule has 0 atom stereocenters. The second-order valence-electron chi connectivity index (χ2n) is 8.90. The van der Waals surface area contributed by atoms with Crippen LogP contribution in [0, 0.1) is 0 Å². The first-order valence-electron chi connectivity index (χ1n) is 12.7. The van der Waals surface area contributed by atoms with Crippen molar-refractivity contribution in [2.24, 2.45) is 8.20 Å². The molecule has 4 aromatic carbocycles. The number of para-hydroxylation sites is 2. The first-order chi connectivity index (χ1) is 20.4. The van der Waals surface area contributed by atoms with Crippen LogP contribution in [0.2, 0.25) is 0 Å². The van der Waals surface area contributed by atoms with Gasteiger partial charge in [0.25, 0.3) is 0 Å². The van der Waals surface area contributed by atoms with Gasteiger partial charge in [0.1, 0.15) is 5.75 Å². The van der Waals surface area contributed by atoms with Gasteiger partial charge in [-0.1, -0.05) is 18.2 Å². The van der Waals surface area contributed by atoms with E-state index >= 15 is 0 Å². The Morgan fingerprint density at radius 2 is 1.67 bits per heavy atom. The number of allylic oxidation sites excluding steroid dienone is 2. The molecule has 1 aliphatic rings. The van der Waals surface area contributed by atoms with Gasteiger partial charge in [-0.3, -0.25) is 0 Å². The summed E-state index contributed by atoms with van der Waals surface area (Å²) in [6.45, 7) is 0.524. The fraction of sp³-hybridized carbons (Fsp3) is 0.0312. The number of carbonyl (C=O) groups is 1. The van der Waals surface area contributed by atoms with Crippen LogP contribution in [0.3, 0.4) is 0 Å². The summed E-state index contributed by atoms with van der Waals surface area (Å²) < 4.78 is 12.9. The van der Waals surface area contributed by atoms with Gasteiger partial charge >= 0.3 is 238 Å². The molecule has 5 rings (SSSR count). The maximum absolute atomic E-state index is 12.9. The standard InChI is InChI=1S/C32H24BrI2N4O3/c33-27-20-37-35-30(18-28(39-31(27)34)26-11-4-5-12-29(26)40)36-19-21-7-6-8-23(17-21)38-32(41)22-13-15-25(16-14-22)42-24-9-2-1-3-10-24/h1-18,20,36,40H,19H2,(H,38,41)/q-1/b30-18+,31-27-,37-20-,39-28+. The van der Waals surface area contributed by atoms with Crippen LogP contribution in [-0.4, -0.2) is 22.9 Å². The van der Waals surface area contributed by atoms with E-state index < -0.39 is 21.5 Å². The molecular formula is C32H24BrI2N4O3-. The van der Waals surface area contributed by atoms with Crippen LogP contribution in [0.15, 0.2) is 129 Å². The van der Waals surface area contributed by atoms with Gasteiger partial charge < -0.3 is 4.74 Å².